The molecule has 0 aromatic rings. The van der Waals surface area contributed by atoms with Gasteiger partial charge in [-0.1, -0.05) is 0 Å². The van der Waals surface area contributed by atoms with Crippen LogP contribution in [-0.2, 0) is 4.57 Å². The van der Waals surface area contributed by atoms with Gasteiger partial charge in [-0.2, -0.15) is 0 Å². The molecule has 6 nitrogen and oxygen atoms in total. The Kier molecular flexibility index (Phi) is 23.6. The normalized spacial score (nSPS) is 7.38. The topological polar surface area (TPSA) is 144 Å². The summed E-state index contributed by atoms with van der Waals surface area (Å²) in [5.41, 5.74) is 0. The summed E-state index contributed by atoms with van der Waals surface area (Å²) in [7, 11) is -4.64. The second kappa shape index (κ2) is 8.29. The van der Waals surface area contributed by atoms with Gasteiger partial charge in [-0.05, 0) is 0 Å². The van der Waals surface area contributed by atoms with Gasteiger partial charge in [-0.3, -0.25) is 0 Å². The van der Waals surface area contributed by atoms with Crippen LogP contribution in [0.3, 0.4) is 0 Å². The van der Waals surface area contributed by atoms with Crippen molar-refractivity contribution in [3.63, 3.8) is 0 Å². The van der Waals surface area contributed by atoms with Gasteiger partial charge in [-0.15, -0.1) is 0 Å². The quantitative estimate of drug-likeness (QED) is 0.237. The van der Waals surface area contributed by atoms with E-state index in [2.05, 4.69) is 0 Å². The van der Waals surface area contributed by atoms with Crippen LogP contribution in [0.2, 0.25) is 0 Å². The third-order valence-corrected chi connectivity index (χ3v) is 0. The predicted octanol–water partition coefficient (Wildman–Crippen LogP) is -2.51. The average molecular weight is 175 g/mol. The van der Waals surface area contributed by atoms with Gasteiger partial charge in [-0.25, -0.2) is 4.57 Å². The molecule has 8 N–H and O–H groups in total. The van der Waals surface area contributed by atoms with Gasteiger partial charge < -0.3 is 26.3 Å². The third kappa shape index (κ3) is 173. The monoisotopic (exact) mass is 175 g/mol. The minimum absolute atomic E-state index is 0. The molecule has 0 heterocycles. The molecule has 0 radical (unpaired) electrons. The van der Waals surface area contributed by atoms with Crippen LogP contribution in [0.25, 0.3) is 0 Å². The molecule has 0 saturated heterocycles. The van der Waals surface area contributed by atoms with Gasteiger partial charge in [0.05, 0.1) is 0 Å². The van der Waals surface area contributed by atoms with E-state index in [-0.39, 0.29) is 49.4 Å². The maximum absolute atomic E-state index is 8.88. The van der Waals surface area contributed by atoms with Crippen LogP contribution in [0.5, 0.6) is 0 Å². The fourth-order valence-corrected chi connectivity index (χ4v) is 0. The van der Waals surface area contributed by atoms with Crippen LogP contribution < -0.4 is 6.15 Å². The van der Waals surface area contributed by atoms with Crippen LogP contribution in [0.15, 0.2) is 0 Å². The van der Waals surface area contributed by atoms with Crippen molar-refractivity contribution in [2.45, 2.75) is 0 Å². The predicted molar refractivity (Wildman–Crippen MR) is 31.4 cm³/mol. The van der Waals surface area contributed by atoms with Gasteiger partial charge >= 0.3 is 45.6 Å². The zero-order chi connectivity index (χ0) is 4.50. The Hall–Kier alpha value is 1.29. The molecule has 0 amide bonds. The van der Waals surface area contributed by atoms with E-state index >= 15 is 0 Å². The molecule has 0 rings (SSSR count). The van der Waals surface area contributed by atoms with Gasteiger partial charge in [0.2, 0.25) is 0 Å². The number of hydrogen-bond acceptors (Lipinski definition) is 2. The van der Waals surface area contributed by atoms with Gasteiger partial charge in [0, 0.05) is 0 Å². The summed E-state index contributed by atoms with van der Waals surface area (Å²) in [5.74, 6) is 0. The van der Waals surface area contributed by atoms with E-state index in [0.717, 1.165) is 0 Å². The Morgan fingerprint density at radius 1 is 1.12 bits per heavy atom. The summed E-state index contributed by atoms with van der Waals surface area (Å²) in [6.45, 7) is 0. The zero-order valence-electron chi connectivity index (χ0n) is 3.40. The van der Waals surface area contributed by atoms with Gasteiger partial charge in [0.25, 0.3) is 0 Å². The first-order valence-corrected chi connectivity index (χ1v) is 2.35. The Morgan fingerprint density at radius 3 is 1.12 bits per heavy atom. The molecule has 0 atom stereocenters. The molecular formula is H10CaNO5P. The van der Waals surface area contributed by atoms with Crippen LogP contribution in [0.1, 0.15) is 0 Å². The van der Waals surface area contributed by atoms with E-state index in [4.69, 9.17) is 19.2 Å². The number of hydrogen-bond donors (Lipinski definition) is 4. The molecule has 0 aliphatic carbocycles. The van der Waals surface area contributed by atoms with E-state index in [9.17, 15) is 0 Å². The van der Waals surface area contributed by atoms with Crippen molar-refractivity contribution >= 4 is 45.6 Å². The molecule has 8 heteroatoms. The minimum atomic E-state index is -4.64. The summed E-state index contributed by atoms with van der Waals surface area (Å²) in [4.78, 5) is 21.6. The van der Waals surface area contributed by atoms with Crippen LogP contribution in [0, 0.1) is 0 Å². The SMILES string of the molecule is N.O.O=P(O)(O)O.[CaH2]. The molecule has 0 aliphatic rings. The van der Waals surface area contributed by atoms with Gasteiger partial charge in [0.1, 0.15) is 0 Å². The van der Waals surface area contributed by atoms with E-state index in [1.165, 1.54) is 0 Å². The molecule has 0 saturated carbocycles. The standard InChI is InChI=1S/Ca.H3N.H3O4P.H2O.2H/c;;1-5(2,3)4;;;/h;1H3;(H3,1,2,3,4);1H2;;. The molecular weight excluding hydrogens is 165 g/mol. The third-order valence-electron chi connectivity index (χ3n) is 0. The van der Waals surface area contributed by atoms with Crippen LogP contribution in [0.4, 0.5) is 0 Å². The summed E-state index contributed by atoms with van der Waals surface area (Å²) in [6, 6.07) is 0. The van der Waals surface area contributed by atoms with Crippen molar-refractivity contribution in [1.82, 2.24) is 6.15 Å². The molecule has 52 valence electrons. The van der Waals surface area contributed by atoms with E-state index in [1.807, 2.05) is 0 Å². The summed E-state index contributed by atoms with van der Waals surface area (Å²) >= 11 is 0. The first-order chi connectivity index (χ1) is 2.00. The van der Waals surface area contributed by atoms with E-state index in [0.29, 0.717) is 0 Å². The van der Waals surface area contributed by atoms with E-state index < -0.39 is 7.82 Å². The van der Waals surface area contributed by atoms with Crippen molar-refractivity contribution < 1.29 is 24.7 Å². The molecule has 0 aromatic heterocycles. The Labute approximate surface area is 76.0 Å². The summed E-state index contributed by atoms with van der Waals surface area (Å²) < 4.78 is 8.88. The van der Waals surface area contributed by atoms with Crippen molar-refractivity contribution in [3.05, 3.63) is 0 Å². The number of rotatable bonds is 0. The van der Waals surface area contributed by atoms with Crippen molar-refractivity contribution in [3.8, 4) is 0 Å². The molecule has 0 unspecified atom stereocenters. The van der Waals surface area contributed by atoms with Crippen molar-refractivity contribution in [1.29, 1.82) is 0 Å². The van der Waals surface area contributed by atoms with Crippen molar-refractivity contribution in [2.75, 3.05) is 0 Å². The fraction of sp³-hybridized carbons (Fsp3) is 0. The molecule has 8 heavy (non-hydrogen) atoms. The maximum atomic E-state index is 8.88. The summed E-state index contributed by atoms with van der Waals surface area (Å²) in [5, 5.41) is 0. The fourth-order valence-electron chi connectivity index (χ4n) is 0. The second-order valence-electron chi connectivity index (χ2n) is 0.513. The second-order valence-corrected chi connectivity index (χ2v) is 1.54. The first kappa shape index (κ1) is 22.8. The zero-order valence-corrected chi connectivity index (χ0v) is 4.30. The van der Waals surface area contributed by atoms with Crippen molar-refractivity contribution in [2.24, 2.45) is 0 Å². The number of phosphoric acid groups is 1. The Morgan fingerprint density at radius 2 is 1.12 bits per heavy atom. The Bertz CT molecular complexity index is 58.6. The summed E-state index contributed by atoms with van der Waals surface area (Å²) in [6.07, 6.45) is 0. The molecule has 0 aliphatic heterocycles. The molecule has 0 fully saturated rings. The van der Waals surface area contributed by atoms with E-state index in [1.54, 1.807) is 0 Å². The molecule has 0 spiro atoms. The molecule has 0 bridgehead atoms. The van der Waals surface area contributed by atoms with Crippen LogP contribution in [-0.4, -0.2) is 57.9 Å². The van der Waals surface area contributed by atoms with Crippen LogP contribution >= 0.6 is 7.82 Å². The van der Waals surface area contributed by atoms with Gasteiger partial charge in [0.15, 0.2) is 0 Å². The first-order valence-electron chi connectivity index (χ1n) is 0.783. The Balaban J connectivity index is -0.0000000267. The molecule has 0 aromatic carbocycles. The average Bonchev–Trinajstić information content (AvgIpc) is 0.722.